The molecule has 1 aromatic rings. The molecule has 2 saturated heterocycles. The predicted octanol–water partition coefficient (Wildman–Crippen LogP) is 2.06. The van der Waals surface area contributed by atoms with Gasteiger partial charge in [-0.2, -0.15) is 0 Å². The fourth-order valence-corrected chi connectivity index (χ4v) is 3.37. The van der Waals surface area contributed by atoms with Gasteiger partial charge in [0.25, 0.3) is 0 Å². The first kappa shape index (κ1) is 11.2. The van der Waals surface area contributed by atoms with Gasteiger partial charge in [-0.05, 0) is 44.3 Å². The van der Waals surface area contributed by atoms with Crippen LogP contribution in [0.3, 0.4) is 0 Å². The van der Waals surface area contributed by atoms with E-state index in [9.17, 15) is 0 Å². The van der Waals surface area contributed by atoms with Crippen LogP contribution in [0.15, 0.2) is 30.3 Å². The number of nitrogens with zero attached hydrogens (tertiary/aromatic N) is 1. The van der Waals surface area contributed by atoms with E-state index in [1.165, 1.54) is 37.9 Å². The number of hydrogen-bond donors (Lipinski definition) is 1. The van der Waals surface area contributed by atoms with Gasteiger partial charge in [0.15, 0.2) is 0 Å². The highest BCUT2D eigenvalue weighted by Gasteiger charge is 2.36. The van der Waals surface area contributed by atoms with E-state index < -0.39 is 0 Å². The van der Waals surface area contributed by atoms with Crippen LogP contribution in [-0.2, 0) is 6.42 Å². The fourth-order valence-electron chi connectivity index (χ4n) is 3.37. The summed E-state index contributed by atoms with van der Waals surface area (Å²) in [5.41, 5.74) is 1.45. The van der Waals surface area contributed by atoms with Crippen LogP contribution in [0.5, 0.6) is 0 Å². The summed E-state index contributed by atoms with van der Waals surface area (Å²) in [4.78, 5) is 2.67. The van der Waals surface area contributed by atoms with Crippen molar-refractivity contribution in [1.29, 1.82) is 0 Å². The Morgan fingerprint density at radius 3 is 2.88 bits per heavy atom. The summed E-state index contributed by atoms with van der Waals surface area (Å²) in [6, 6.07) is 12.4. The van der Waals surface area contributed by atoms with Crippen molar-refractivity contribution in [3.8, 4) is 0 Å². The number of rotatable bonds is 4. The lowest BCUT2D eigenvalue weighted by atomic mass is 10.1. The monoisotopic (exact) mass is 230 g/mol. The highest BCUT2D eigenvalue weighted by atomic mass is 15.2. The van der Waals surface area contributed by atoms with Gasteiger partial charge in [-0.1, -0.05) is 30.3 Å². The molecule has 2 atom stereocenters. The van der Waals surface area contributed by atoms with Gasteiger partial charge in [0.05, 0.1) is 0 Å². The van der Waals surface area contributed by atoms with Gasteiger partial charge < -0.3 is 5.32 Å². The van der Waals surface area contributed by atoms with Crippen molar-refractivity contribution in [2.75, 3.05) is 19.6 Å². The summed E-state index contributed by atoms with van der Waals surface area (Å²) in [5, 5.41) is 3.76. The molecule has 1 N–H and O–H groups in total. The van der Waals surface area contributed by atoms with Crippen LogP contribution in [0.2, 0.25) is 0 Å². The highest BCUT2D eigenvalue weighted by Crippen LogP contribution is 2.27. The molecule has 0 saturated carbocycles. The summed E-state index contributed by atoms with van der Waals surface area (Å²) in [7, 11) is 0. The van der Waals surface area contributed by atoms with Crippen LogP contribution < -0.4 is 5.32 Å². The number of nitrogens with one attached hydrogen (secondary N) is 1. The maximum atomic E-state index is 3.76. The van der Waals surface area contributed by atoms with Gasteiger partial charge in [0.1, 0.15) is 0 Å². The number of benzene rings is 1. The van der Waals surface area contributed by atoms with Crippen LogP contribution in [0.25, 0.3) is 0 Å². The molecule has 2 nitrogen and oxygen atoms in total. The van der Waals surface area contributed by atoms with Gasteiger partial charge in [0, 0.05) is 18.6 Å². The van der Waals surface area contributed by atoms with E-state index in [1.807, 2.05) is 0 Å². The van der Waals surface area contributed by atoms with Crippen molar-refractivity contribution in [1.82, 2.24) is 10.2 Å². The molecule has 2 aliphatic heterocycles. The van der Waals surface area contributed by atoms with E-state index >= 15 is 0 Å². The van der Waals surface area contributed by atoms with Crippen molar-refractivity contribution in [3.05, 3.63) is 35.9 Å². The maximum Gasteiger partial charge on any atom is 0.0250 e. The molecular formula is C15H22N2. The molecule has 0 aromatic heterocycles. The second kappa shape index (κ2) is 5.19. The smallest absolute Gasteiger partial charge is 0.0250 e. The van der Waals surface area contributed by atoms with Gasteiger partial charge >= 0.3 is 0 Å². The largest absolute Gasteiger partial charge is 0.312 e. The minimum atomic E-state index is 0.751. The molecule has 2 heteroatoms. The van der Waals surface area contributed by atoms with E-state index in [0.717, 1.165) is 25.0 Å². The van der Waals surface area contributed by atoms with E-state index in [1.54, 1.807) is 0 Å². The predicted molar refractivity (Wildman–Crippen MR) is 71.1 cm³/mol. The second-order valence-electron chi connectivity index (χ2n) is 5.33. The third kappa shape index (κ3) is 2.53. The average molecular weight is 230 g/mol. The van der Waals surface area contributed by atoms with E-state index in [-0.39, 0.29) is 0 Å². The Balaban J connectivity index is 1.46. The Bertz CT molecular complexity index is 349. The Kier molecular flexibility index (Phi) is 3.44. The minimum absolute atomic E-state index is 0.751. The standard InChI is InChI=1S/C15H22N2/c1-2-5-13(6-3-1)8-10-16-14-9-12-17-11-4-7-15(14)17/h1-3,5-6,14-16H,4,7-12H2. The zero-order chi connectivity index (χ0) is 11.5. The van der Waals surface area contributed by atoms with E-state index in [4.69, 9.17) is 0 Å². The van der Waals surface area contributed by atoms with Crippen molar-refractivity contribution in [3.63, 3.8) is 0 Å². The molecule has 3 rings (SSSR count). The van der Waals surface area contributed by atoms with E-state index in [0.29, 0.717) is 0 Å². The van der Waals surface area contributed by atoms with Gasteiger partial charge in [-0.25, -0.2) is 0 Å². The lowest BCUT2D eigenvalue weighted by Crippen LogP contribution is -2.39. The van der Waals surface area contributed by atoms with Gasteiger partial charge in [-0.15, -0.1) is 0 Å². The zero-order valence-corrected chi connectivity index (χ0v) is 10.4. The third-order valence-electron chi connectivity index (χ3n) is 4.27. The third-order valence-corrected chi connectivity index (χ3v) is 4.27. The Morgan fingerprint density at radius 1 is 1.12 bits per heavy atom. The topological polar surface area (TPSA) is 15.3 Å². The van der Waals surface area contributed by atoms with Crippen LogP contribution in [0.1, 0.15) is 24.8 Å². The van der Waals surface area contributed by atoms with Crippen molar-refractivity contribution in [2.24, 2.45) is 0 Å². The van der Waals surface area contributed by atoms with Crippen LogP contribution in [0.4, 0.5) is 0 Å². The number of hydrogen-bond acceptors (Lipinski definition) is 2. The molecule has 2 unspecified atom stereocenters. The second-order valence-corrected chi connectivity index (χ2v) is 5.33. The maximum absolute atomic E-state index is 3.76. The Morgan fingerprint density at radius 2 is 2.00 bits per heavy atom. The molecule has 1 aromatic carbocycles. The molecule has 17 heavy (non-hydrogen) atoms. The molecule has 0 radical (unpaired) electrons. The summed E-state index contributed by atoms with van der Waals surface area (Å²) < 4.78 is 0. The van der Waals surface area contributed by atoms with Gasteiger partial charge in [0.2, 0.25) is 0 Å². The molecule has 0 amide bonds. The molecule has 2 fully saturated rings. The van der Waals surface area contributed by atoms with Crippen molar-refractivity contribution in [2.45, 2.75) is 37.8 Å². The molecular weight excluding hydrogens is 208 g/mol. The van der Waals surface area contributed by atoms with E-state index in [2.05, 4.69) is 40.5 Å². The molecule has 2 aliphatic rings. The lowest BCUT2D eigenvalue weighted by Gasteiger charge is -2.21. The first-order chi connectivity index (χ1) is 8.43. The lowest BCUT2D eigenvalue weighted by molar-refractivity contribution is 0.299. The molecule has 0 spiro atoms. The first-order valence-corrected chi connectivity index (χ1v) is 6.95. The average Bonchev–Trinajstić information content (AvgIpc) is 2.95. The minimum Gasteiger partial charge on any atom is -0.312 e. The number of fused-ring (bicyclic) bond motifs is 1. The van der Waals surface area contributed by atoms with Crippen molar-refractivity contribution < 1.29 is 0 Å². The summed E-state index contributed by atoms with van der Waals surface area (Å²) in [5.74, 6) is 0. The van der Waals surface area contributed by atoms with Crippen LogP contribution >= 0.6 is 0 Å². The van der Waals surface area contributed by atoms with Crippen LogP contribution in [0, 0.1) is 0 Å². The fraction of sp³-hybridized carbons (Fsp3) is 0.600. The normalized spacial score (nSPS) is 28.5. The molecule has 0 aliphatic carbocycles. The summed E-state index contributed by atoms with van der Waals surface area (Å²) in [6.45, 7) is 3.77. The zero-order valence-electron chi connectivity index (χ0n) is 10.4. The highest BCUT2D eigenvalue weighted by molar-refractivity contribution is 5.14. The van der Waals surface area contributed by atoms with Crippen LogP contribution in [-0.4, -0.2) is 36.6 Å². The van der Waals surface area contributed by atoms with Crippen molar-refractivity contribution >= 4 is 0 Å². The Hall–Kier alpha value is -0.860. The summed E-state index contributed by atoms with van der Waals surface area (Å²) in [6.07, 6.45) is 5.31. The molecule has 92 valence electrons. The Labute approximate surface area is 104 Å². The summed E-state index contributed by atoms with van der Waals surface area (Å²) >= 11 is 0. The first-order valence-electron chi connectivity index (χ1n) is 6.95. The molecule has 0 bridgehead atoms. The molecule has 2 heterocycles. The SMILES string of the molecule is c1ccc(CCNC2CCN3CCCC23)cc1. The quantitative estimate of drug-likeness (QED) is 0.851. The van der Waals surface area contributed by atoms with Gasteiger partial charge in [-0.3, -0.25) is 4.90 Å².